The zero-order valence-corrected chi connectivity index (χ0v) is 13.2. The van der Waals surface area contributed by atoms with Gasteiger partial charge in [-0.1, -0.05) is 27.7 Å². The lowest BCUT2D eigenvalue weighted by molar-refractivity contribution is -0.145. The van der Waals surface area contributed by atoms with E-state index in [0.717, 1.165) is 5.69 Å². The number of carboxylic acids is 1. The average Bonchev–Trinajstić information content (AvgIpc) is 2.80. The molecule has 0 bridgehead atoms. The highest BCUT2D eigenvalue weighted by Gasteiger charge is 2.51. The van der Waals surface area contributed by atoms with Crippen LogP contribution in [0.5, 0.6) is 0 Å². The molecule has 1 aromatic rings. The van der Waals surface area contributed by atoms with E-state index in [1.54, 1.807) is 18.6 Å². The second kappa shape index (κ2) is 6.10. The molecular formula is C16H25N3O2. The molecule has 2 N–H and O–H groups in total. The van der Waals surface area contributed by atoms with Crippen molar-refractivity contribution in [3.8, 4) is 0 Å². The minimum Gasteiger partial charge on any atom is -0.480 e. The Kier molecular flexibility index (Phi) is 4.61. The van der Waals surface area contributed by atoms with Gasteiger partial charge in [0, 0.05) is 30.6 Å². The molecule has 1 aromatic heterocycles. The van der Waals surface area contributed by atoms with E-state index in [0.29, 0.717) is 24.7 Å². The van der Waals surface area contributed by atoms with E-state index in [2.05, 4.69) is 43.0 Å². The number of nitrogens with one attached hydrogen (secondary N) is 1. The first-order valence-corrected chi connectivity index (χ1v) is 7.62. The van der Waals surface area contributed by atoms with Crippen LogP contribution >= 0.6 is 0 Å². The van der Waals surface area contributed by atoms with Crippen LogP contribution in [-0.2, 0) is 4.79 Å². The lowest BCUT2D eigenvalue weighted by atomic mass is 9.82. The zero-order valence-electron chi connectivity index (χ0n) is 13.2. The van der Waals surface area contributed by atoms with Crippen molar-refractivity contribution < 1.29 is 9.90 Å². The first-order valence-electron chi connectivity index (χ1n) is 7.62. The van der Waals surface area contributed by atoms with E-state index in [-0.39, 0.29) is 12.0 Å². The predicted molar refractivity (Wildman–Crippen MR) is 81.0 cm³/mol. The Hall–Kier alpha value is -1.49. The molecule has 5 heteroatoms. The molecule has 0 aliphatic carbocycles. The largest absolute Gasteiger partial charge is 0.480 e. The van der Waals surface area contributed by atoms with Gasteiger partial charge in [0.15, 0.2) is 0 Å². The van der Waals surface area contributed by atoms with E-state index in [4.69, 9.17) is 0 Å². The average molecular weight is 291 g/mol. The normalized spacial score (nSPS) is 29.2. The third kappa shape index (κ3) is 3.23. The minimum absolute atomic E-state index is 0.0912. The van der Waals surface area contributed by atoms with E-state index in [1.165, 1.54) is 0 Å². The second-order valence-electron chi connectivity index (χ2n) is 6.84. The van der Waals surface area contributed by atoms with E-state index in [9.17, 15) is 9.90 Å². The SMILES string of the molecule is CC(C)C[C@@]1(C(=O)O)C[C@H](c2cnccn2)[C@H](C(C)C)N1. The Morgan fingerprint density at radius 2 is 2.14 bits per heavy atom. The van der Waals surface area contributed by atoms with Gasteiger partial charge in [-0.25, -0.2) is 0 Å². The van der Waals surface area contributed by atoms with E-state index >= 15 is 0 Å². The summed E-state index contributed by atoms with van der Waals surface area (Å²) < 4.78 is 0. The topological polar surface area (TPSA) is 75.1 Å². The lowest BCUT2D eigenvalue weighted by Gasteiger charge is -2.28. The Morgan fingerprint density at radius 3 is 2.62 bits per heavy atom. The van der Waals surface area contributed by atoms with Crippen LogP contribution in [0.1, 0.15) is 52.1 Å². The first-order chi connectivity index (χ1) is 9.85. The van der Waals surface area contributed by atoms with Gasteiger partial charge >= 0.3 is 5.97 Å². The van der Waals surface area contributed by atoms with Gasteiger partial charge in [-0.3, -0.25) is 20.1 Å². The lowest BCUT2D eigenvalue weighted by Crippen LogP contribution is -2.51. The van der Waals surface area contributed by atoms with Crippen LogP contribution < -0.4 is 5.32 Å². The summed E-state index contributed by atoms with van der Waals surface area (Å²) in [5.41, 5.74) is 0.0289. The molecule has 1 aliphatic rings. The number of aromatic nitrogens is 2. The Labute approximate surface area is 126 Å². The van der Waals surface area contributed by atoms with Crippen LogP contribution in [0.2, 0.25) is 0 Å². The van der Waals surface area contributed by atoms with Gasteiger partial charge < -0.3 is 5.11 Å². The molecule has 2 rings (SSSR count). The van der Waals surface area contributed by atoms with Crippen molar-refractivity contribution in [2.45, 2.75) is 58.0 Å². The minimum atomic E-state index is -0.856. The summed E-state index contributed by atoms with van der Waals surface area (Å²) in [6.45, 7) is 8.36. The Morgan fingerprint density at radius 1 is 1.43 bits per heavy atom. The van der Waals surface area contributed by atoms with Crippen molar-refractivity contribution in [2.75, 3.05) is 0 Å². The fourth-order valence-electron chi connectivity index (χ4n) is 3.48. The monoisotopic (exact) mass is 291 g/mol. The van der Waals surface area contributed by atoms with Crippen LogP contribution in [0.15, 0.2) is 18.6 Å². The number of carboxylic acid groups (broad SMARTS) is 1. The zero-order chi connectivity index (χ0) is 15.6. The highest BCUT2D eigenvalue weighted by molar-refractivity contribution is 5.79. The van der Waals surface area contributed by atoms with Crippen LogP contribution in [0, 0.1) is 11.8 Å². The molecule has 1 aliphatic heterocycles. The summed E-state index contributed by atoms with van der Waals surface area (Å²) in [6.07, 6.45) is 6.28. The second-order valence-corrected chi connectivity index (χ2v) is 6.84. The third-order valence-electron chi connectivity index (χ3n) is 4.29. The Bertz CT molecular complexity index is 490. The molecule has 0 radical (unpaired) electrons. The smallest absolute Gasteiger partial charge is 0.323 e. The molecule has 0 aromatic carbocycles. The molecule has 21 heavy (non-hydrogen) atoms. The number of hydrogen-bond acceptors (Lipinski definition) is 4. The van der Waals surface area contributed by atoms with E-state index < -0.39 is 11.5 Å². The van der Waals surface area contributed by atoms with Crippen LogP contribution in [-0.4, -0.2) is 32.6 Å². The maximum Gasteiger partial charge on any atom is 0.323 e. The molecule has 3 atom stereocenters. The number of hydrogen-bond donors (Lipinski definition) is 2. The van der Waals surface area contributed by atoms with Gasteiger partial charge in [0.1, 0.15) is 5.54 Å². The summed E-state index contributed by atoms with van der Waals surface area (Å²) in [4.78, 5) is 20.4. The van der Waals surface area contributed by atoms with Gasteiger partial charge in [0.05, 0.1) is 5.69 Å². The highest BCUT2D eigenvalue weighted by atomic mass is 16.4. The maximum atomic E-state index is 11.9. The molecule has 0 saturated carbocycles. The summed E-state index contributed by atoms with van der Waals surface area (Å²) in [5.74, 6) is -0.00537. The van der Waals surface area contributed by atoms with Crippen LogP contribution in [0.4, 0.5) is 0 Å². The molecule has 2 heterocycles. The summed E-state index contributed by atoms with van der Waals surface area (Å²) in [5, 5.41) is 13.2. The molecule has 0 spiro atoms. The van der Waals surface area contributed by atoms with Crippen LogP contribution in [0.25, 0.3) is 0 Å². The third-order valence-corrected chi connectivity index (χ3v) is 4.29. The van der Waals surface area contributed by atoms with Crippen molar-refractivity contribution in [1.82, 2.24) is 15.3 Å². The number of aliphatic carboxylic acids is 1. The Balaban J connectivity index is 2.35. The number of nitrogens with zero attached hydrogens (tertiary/aromatic N) is 2. The number of carbonyl (C=O) groups is 1. The fraction of sp³-hybridized carbons (Fsp3) is 0.688. The van der Waals surface area contributed by atoms with Gasteiger partial charge in [-0.15, -0.1) is 0 Å². The summed E-state index contributed by atoms with van der Waals surface area (Å²) >= 11 is 0. The standard InChI is InChI=1S/C16H25N3O2/c1-10(2)7-16(15(20)21)8-12(14(19-16)11(3)4)13-9-17-5-6-18-13/h5-6,9-12,14,19H,7-8H2,1-4H3,(H,20,21)/t12-,14+,16+/m1/s1. The highest BCUT2D eigenvalue weighted by Crippen LogP contribution is 2.41. The molecule has 0 unspecified atom stereocenters. The molecule has 5 nitrogen and oxygen atoms in total. The van der Waals surface area contributed by atoms with Crippen molar-refractivity contribution in [1.29, 1.82) is 0 Å². The molecule has 116 valence electrons. The van der Waals surface area contributed by atoms with Crippen molar-refractivity contribution in [3.05, 3.63) is 24.3 Å². The van der Waals surface area contributed by atoms with Crippen LogP contribution in [0.3, 0.4) is 0 Å². The maximum absolute atomic E-state index is 11.9. The van der Waals surface area contributed by atoms with Crippen molar-refractivity contribution >= 4 is 5.97 Å². The molecular weight excluding hydrogens is 266 g/mol. The van der Waals surface area contributed by atoms with E-state index in [1.807, 2.05) is 0 Å². The predicted octanol–water partition coefficient (Wildman–Crippen LogP) is 2.45. The first kappa shape index (κ1) is 15.9. The summed E-state index contributed by atoms with van der Waals surface area (Å²) in [6, 6.07) is 0.108. The van der Waals surface area contributed by atoms with Crippen molar-refractivity contribution in [3.63, 3.8) is 0 Å². The van der Waals surface area contributed by atoms with Gasteiger partial charge in [-0.2, -0.15) is 0 Å². The summed E-state index contributed by atoms with van der Waals surface area (Å²) in [7, 11) is 0. The fourth-order valence-corrected chi connectivity index (χ4v) is 3.48. The molecule has 1 saturated heterocycles. The molecule has 1 fully saturated rings. The van der Waals surface area contributed by atoms with Gasteiger partial charge in [-0.05, 0) is 24.7 Å². The van der Waals surface area contributed by atoms with Gasteiger partial charge in [0.25, 0.3) is 0 Å². The van der Waals surface area contributed by atoms with Crippen molar-refractivity contribution in [2.24, 2.45) is 11.8 Å². The quantitative estimate of drug-likeness (QED) is 0.871. The number of rotatable bonds is 5. The molecule has 0 amide bonds. The van der Waals surface area contributed by atoms with Gasteiger partial charge in [0.2, 0.25) is 0 Å².